The maximum atomic E-state index is 12.5. The van der Waals surface area contributed by atoms with Gasteiger partial charge in [-0.1, -0.05) is 23.8 Å². The van der Waals surface area contributed by atoms with Gasteiger partial charge in [0.1, 0.15) is 0 Å². The van der Waals surface area contributed by atoms with Crippen molar-refractivity contribution in [1.82, 2.24) is 0 Å². The Kier molecular flexibility index (Phi) is 12.4. The van der Waals surface area contributed by atoms with Crippen molar-refractivity contribution in [2.45, 2.75) is 59.8 Å². The zero-order valence-electron chi connectivity index (χ0n) is 19.6. The number of hydrogen-bond donors (Lipinski definition) is 0. The summed E-state index contributed by atoms with van der Waals surface area (Å²) in [6, 6.07) is 0. The van der Waals surface area contributed by atoms with Gasteiger partial charge in [0.05, 0.1) is 50.6 Å². The van der Waals surface area contributed by atoms with Gasteiger partial charge in [-0.25, -0.2) is 0 Å². The van der Waals surface area contributed by atoms with Crippen LogP contribution in [0.25, 0.3) is 0 Å². The maximum Gasteiger partial charge on any atom is 0.310 e. The molecule has 1 aliphatic rings. The minimum Gasteiger partial charge on any atom is -0.466 e. The molecule has 0 heterocycles. The molecule has 0 N–H and O–H groups in total. The van der Waals surface area contributed by atoms with Crippen LogP contribution in [0.4, 0.5) is 0 Å². The molecule has 1 aliphatic carbocycles. The van der Waals surface area contributed by atoms with Gasteiger partial charge in [0, 0.05) is 0 Å². The Morgan fingerprint density at radius 2 is 1.44 bits per heavy atom. The first-order valence-corrected chi connectivity index (χ1v) is 11.3. The topological polar surface area (TPSA) is 105 Å². The molecule has 0 aromatic rings. The molecule has 0 aromatic heterocycles. The van der Waals surface area contributed by atoms with E-state index in [-0.39, 0.29) is 39.3 Å². The van der Waals surface area contributed by atoms with E-state index in [9.17, 15) is 19.2 Å². The van der Waals surface area contributed by atoms with E-state index in [1.54, 1.807) is 27.7 Å². The van der Waals surface area contributed by atoms with Gasteiger partial charge in [-0.3, -0.25) is 19.2 Å². The Hall–Kier alpha value is -2.64. The molecule has 0 fully saturated rings. The summed E-state index contributed by atoms with van der Waals surface area (Å²) in [7, 11) is 0. The van der Waals surface area contributed by atoms with Crippen LogP contribution in [0, 0.1) is 17.8 Å². The molecule has 0 saturated carbocycles. The van der Waals surface area contributed by atoms with Crippen LogP contribution in [0.1, 0.15) is 59.8 Å². The highest BCUT2D eigenvalue weighted by molar-refractivity contribution is 5.83. The molecule has 3 atom stereocenters. The zero-order chi connectivity index (χ0) is 24.1. The Morgan fingerprint density at radius 3 is 2.00 bits per heavy atom. The number of esters is 4. The van der Waals surface area contributed by atoms with Crippen molar-refractivity contribution in [3.63, 3.8) is 0 Å². The van der Waals surface area contributed by atoms with Crippen molar-refractivity contribution < 1.29 is 38.1 Å². The maximum absolute atomic E-state index is 12.5. The van der Waals surface area contributed by atoms with E-state index < -0.39 is 41.6 Å². The van der Waals surface area contributed by atoms with Gasteiger partial charge in [-0.15, -0.1) is 0 Å². The molecule has 0 radical (unpaired) electrons. The van der Waals surface area contributed by atoms with Crippen LogP contribution in [0.2, 0.25) is 0 Å². The van der Waals surface area contributed by atoms with Gasteiger partial charge >= 0.3 is 23.9 Å². The SMILES string of the molecule is C=C(CC1=CCC(C(=O)OCC)C(C(=O)OCC)C1)CC(CC(=O)OCC)C(=O)OCC. The minimum atomic E-state index is -0.682. The third-order valence-corrected chi connectivity index (χ3v) is 5.16. The van der Waals surface area contributed by atoms with Crippen LogP contribution in [-0.4, -0.2) is 50.3 Å². The monoisotopic (exact) mass is 452 g/mol. The molecule has 8 nitrogen and oxygen atoms in total. The number of carbonyl (C=O) groups is 4. The van der Waals surface area contributed by atoms with Crippen LogP contribution in [0.5, 0.6) is 0 Å². The second-order valence-corrected chi connectivity index (χ2v) is 7.61. The molecule has 0 amide bonds. The second kappa shape index (κ2) is 14.4. The Bertz CT molecular complexity index is 709. The summed E-state index contributed by atoms with van der Waals surface area (Å²) in [6.45, 7) is 11.8. The molecular formula is C24H36O8. The van der Waals surface area contributed by atoms with Gasteiger partial charge in [-0.2, -0.15) is 0 Å². The third kappa shape index (κ3) is 8.85. The van der Waals surface area contributed by atoms with Crippen molar-refractivity contribution in [2.75, 3.05) is 26.4 Å². The van der Waals surface area contributed by atoms with Crippen molar-refractivity contribution in [1.29, 1.82) is 0 Å². The third-order valence-electron chi connectivity index (χ3n) is 5.16. The molecule has 3 unspecified atom stereocenters. The molecule has 0 bridgehead atoms. The predicted octanol–water partition coefficient (Wildman–Crippen LogP) is 3.53. The van der Waals surface area contributed by atoms with E-state index >= 15 is 0 Å². The summed E-state index contributed by atoms with van der Waals surface area (Å²) >= 11 is 0. The van der Waals surface area contributed by atoms with Crippen LogP contribution in [0.15, 0.2) is 23.8 Å². The van der Waals surface area contributed by atoms with Gasteiger partial charge < -0.3 is 18.9 Å². The highest BCUT2D eigenvalue weighted by Crippen LogP contribution is 2.35. The smallest absolute Gasteiger partial charge is 0.310 e. The Morgan fingerprint density at radius 1 is 0.875 bits per heavy atom. The van der Waals surface area contributed by atoms with Gasteiger partial charge in [0.2, 0.25) is 0 Å². The van der Waals surface area contributed by atoms with E-state index in [0.717, 1.165) is 11.1 Å². The first kappa shape index (κ1) is 27.4. The van der Waals surface area contributed by atoms with Crippen LogP contribution >= 0.6 is 0 Å². The van der Waals surface area contributed by atoms with Crippen molar-refractivity contribution in [3.05, 3.63) is 23.8 Å². The average molecular weight is 453 g/mol. The van der Waals surface area contributed by atoms with Crippen LogP contribution < -0.4 is 0 Å². The number of hydrogen-bond acceptors (Lipinski definition) is 8. The van der Waals surface area contributed by atoms with E-state index in [1.807, 2.05) is 6.08 Å². The largest absolute Gasteiger partial charge is 0.466 e. The normalized spacial score (nSPS) is 18.7. The summed E-state index contributed by atoms with van der Waals surface area (Å²) in [5, 5.41) is 0. The minimum absolute atomic E-state index is 0.0822. The van der Waals surface area contributed by atoms with Gasteiger partial charge in [0.15, 0.2) is 0 Å². The highest BCUT2D eigenvalue weighted by atomic mass is 16.5. The molecule has 0 saturated heterocycles. The second-order valence-electron chi connectivity index (χ2n) is 7.61. The fraction of sp³-hybridized carbons (Fsp3) is 0.667. The lowest BCUT2D eigenvalue weighted by Gasteiger charge is -2.29. The summed E-state index contributed by atoms with van der Waals surface area (Å²) in [6.07, 6.45) is 3.28. The molecule has 0 aromatic carbocycles. The van der Waals surface area contributed by atoms with E-state index in [4.69, 9.17) is 18.9 Å². The first-order valence-electron chi connectivity index (χ1n) is 11.3. The number of carbonyl (C=O) groups excluding carboxylic acids is 4. The van der Waals surface area contributed by atoms with Crippen LogP contribution in [0.3, 0.4) is 0 Å². The first-order chi connectivity index (χ1) is 15.3. The zero-order valence-corrected chi connectivity index (χ0v) is 19.6. The molecule has 180 valence electrons. The van der Waals surface area contributed by atoms with E-state index in [0.29, 0.717) is 19.3 Å². The summed E-state index contributed by atoms with van der Waals surface area (Å²) in [5.74, 6) is -3.64. The fourth-order valence-electron chi connectivity index (χ4n) is 3.78. The lowest BCUT2D eigenvalue weighted by Crippen LogP contribution is -2.35. The Labute approximate surface area is 190 Å². The highest BCUT2D eigenvalue weighted by Gasteiger charge is 2.38. The fourth-order valence-corrected chi connectivity index (χ4v) is 3.78. The van der Waals surface area contributed by atoms with Crippen LogP contribution in [-0.2, 0) is 38.1 Å². The number of rotatable bonds is 13. The van der Waals surface area contributed by atoms with Crippen molar-refractivity contribution >= 4 is 23.9 Å². The number of allylic oxidation sites excluding steroid dienone is 3. The number of ether oxygens (including phenoxy) is 4. The molecule has 0 aliphatic heterocycles. The molecule has 1 rings (SSSR count). The van der Waals surface area contributed by atoms with Crippen molar-refractivity contribution in [2.24, 2.45) is 17.8 Å². The molecule has 8 heteroatoms. The molecule has 32 heavy (non-hydrogen) atoms. The lowest BCUT2D eigenvalue weighted by atomic mass is 9.77. The quantitative estimate of drug-likeness (QED) is 0.237. The average Bonchev–Trinajstić information content (AvgIpc) is 2.73. The molecule has 0 spiro atoms. The molecular weight excluding hydrogens is 416 g/mol. The van der Waals surface area contributed by atoms with E-state index in [1.165, 1.54) is 0 Å². The Balaban J connectivity index is 2.87. The van der Waals surface area contributed by atoms with Gasteiger partial charge in [0.25, 0.3) is 0 Å². The summed E-state index contributed by atoms with van der Waals surface area (Å²) in [4.78, 5) is 49.0. The standard InChI is InChI=1S/C24H36O8/c1-6-29-21(25)15-18(22(26)30-7-2)13-16(5)12-17-10-11-19(23(27)31-8-3)20(14-17)24(28)32-9-4/h10,18-20H,5-9,11-15H2,1-4H3. The lowest BCUT2D eigenvalue weighted by molar-refractivity contribution is -0.160. The summed E-state index contributed by atoms with van der Waals surface area (Å²) in [5.41, 5.74) is 1.67. The van der Waals surface area contributed by atoms with Gasteiger partial charge in [-0.05, 0) is 53.4 Å². The van der Waals surface area contributed by atoms with E-state index in [2.05, 4.69) is 6.58 Å². The summed E-state index contributed by atoms with van der Waals surface area (Å²) < 4.78 is 20.4. The van der Waals surface area contributed by atoms with Crippen molar-refractivity contribution in [3.8, 4) is 0 Å². The predicted molar refractivity (Wildman–Crippen MR) is 117 cm³/mol.